The lowest BCUT2D eigenvalue weighted by Crippen LogP contribution is -2.30. The molecule has 40 heavy (non-hydrogen) atoms. The molecule has 0 saturated heterocycles. The molecule has 3 N–H and O–H groups in total. The first-order valence-electron chi connectivity index (χ1n) is 11.9. The minimum Gasteiger partial charge on any atom is -0.505 e. The number of fused-ring (bicyclic) bond motifs is 1. The fourth-order valence-corrected chi connectivity index (χ4v) is 4.20. The number of carbonyl (C=O) groups is 3. The van der Waals surface area contributed by atoms with Gasteiger partial charge in [-0.15, -0.1) is 0 Å². The molecule has 10 nitrogen and oxygen atoms in total. The number of nitrogens with zero attached hydrogens (tertiary/aromatic N) is 1. The normalized spacial score (nSPS) is 10.7. The number of pyridine rings is 1. The number of benzene rings is 3. The van der Waals surface area contributed by atoms with Gasteiger partial charge >= 0.3 is 5.97 Å². The summed E-state index contributed by atoms with van der Waals surface area (Å²) in [6.07, 6.45) is 0. The molecule has 0 aliphatic carbocycles. The van der Waals surface area contributed by atoms with Crippen molar-refractivity contribution in [2.45, 2.75) is 13.8 Å². The molecule has 0 bridgehead atoms. The quantitative estimate of drug-likeness (QED) is 0.257. The highest BCUT2D eigenvalue weighted by molar-refractivity contribution is 6.09. The molecular weight excluding hydrogens is 523 g/mol. The molecular formula is C29H25FN2O8. The lowest BCUT2D eigenvalue weighted by atomic mass is 9.98. The van der Waals surface area contributed by atoms with Gasteiger partial charge in [-0.25, -0.2) is 9.37 Å². The molecule has 1 amide bonds. The Labute approximate surface area is 227 Å². The maximum Gasteiger partial charge on any atom is 0.322 e. The smallest absolute Gasteiger partial charge is 0.322 e. The van der Waals surface area contributed by atoms with Crippen LogP contribution in [-0.4, -0.2) is 53.6 Å². The molecule has 1 heterocycles. The Morgan fingerprint density at radius 2 is 1.57 bits per heavy atom. The van der Waals surface area contributed by atoms with E-state index < -0.39 is 30.0 Å². The van der Waals surface area contributed by atoms with Crippen LogP contribution in [0.15, 0.2) is 48.5 Å². The second-order valence-corrected chi connectivity index (χ2v) is 8.85. The highest BCUT2D eigenvalue weighted by Gasteiger charge is 2.21. The summed E-state index contributed by atoms with van der Waals surface area (Å²) in [6, 6.07) is 11.7. The van der Waals surface area contributed by atoms with E-state index in [-0.39, 0.29) is 34.1 Å². The summed E-state index contributed by atoms with van der Waals surface area (Å²) in [5.74, 6) is -2.46. The molecule has 0 aliphatic heterocycles. The van der Waals surface area contributed by atoms with Crippen LogP contribution in [0, 0.1) is 19.7 Å². The van der Waals surface area contributed by atoms with Crippen LogP contribution in [0.1, 0.15) is 37.5 Å². The topological polar surface area (TPSA) is 144 Å². The maximum atomic E-state index is 13.9. The van der Waals surface area contributed by atoms with E-state index in [0.29, 0.717) is 33.6 Å². The second kappa shape index (κ2) is 11.3. The third-order valence-electron chi connectivity index (χ3n) is 6.03. The van der Waals surface area contributed by atoms with E-state index in [1.807, 2.05) is 0 Å². The summed E-state index contributed by atoms with van der Waals surface area (Å²) < 4.78 is 30.5. The Bertz CT molecular complexity index is 1650. The summed E-state index contributed by atoms with van der Waals surface area (Å²) in [6.45, 7) is 2.89. The van der Waals surface area contributed by atoms with Crippen LogP contribution in [0.5, 0.6) is 28.9 Å². The van der Waals surface area contributed by atoms with E-state index in [4.69, 9.17) is 19.3 Å². The van der Waals surface area contributed by atoms with Gasteiger partial charge in [-0.05, 0) is 67.4 Å². The minimum atomic E-state index is -1.25. The molecule has 0 radical (unpaired) electrons. The van der Waals surface area contributed by atoms with Crippen molar-refractivity contribution in [3.05, 3.63) is 82.3 Å². The minimum absolute atomic E-state index is 0.0126. The number of rotatable bonds is 9. The number of hydrogen-bond acceptors (Lipinski definition) is 8. The average molecular weight is 549 g/mol. The zero-order valence-corrected chi connectivity index (χ0v) is 22.0. The summed E-state index contributed by atoms with van der Waals surface area (Å²) in [4.78, 5) is 40.3. The van der Waals surface area contributed by atoms with Gasteiger partial charge < -0.3 is 29.7 Å². The van der Waals surface area contributed by atoms with Gasteiger partial charge in [-0.3, -0.25) is 14.4 Å². The average Bonchev–Trinajstić information content (AvgIpc) is 2.92. The van der Waals surface area contributed by atoms with Gasteiger partial charge in [0, 0.05) is 22.6 Å². The third kappa shape index (κ3) is 5.63. The number of aromatic nitrogens is 1. The third-order valence-corrected chi connectivity index (χ3v) is 6.03. The van der Waals surface area contributed by atoms with Crippen LogP contribution in [0.2, 0.25) is 0 Å². The second-order valence-electron chi connectivity index (χ2n) is 8.85. The van der Waals surface area contributed by atoms with Gasteiger partial charge in [0.25, 0.3) is 5.91 Å². The highest BCUT2D eigenvalue weighted by atomic mass is 19.1. The van der Waals surface area contributed by atoms with E-state index in [1.54, 1.807) is 38.1 Å². The first-order valence-corrected chi connectivity index (χ1v) is 11.9. The van der Waals surface area contributed by atoms with Crippen LogP contribution in [0.4, 0.5) is 4.39 Å². The molecule has 0 saturated carbocycles. The van der Waals surface area contributed by atoms with Crippen LogP contribution < -0.4 is 19.5 Å². The number of amides is 1. The van der Waals surface area contributed by atoms with Gasteiger partial charge in [0.05, 0.1) is 19.6 Å². The molecule has 0 spiro atoms. The van der Waals surface area contributed by atoms with Crippen molar-refractivity contribution in [1.29, 1.82) is 0 Å². The number of halogens is 1. The van der Waals surface area contributed by atoms with Gasteiger partial charge in [0.1, 0.15) is 29.6 Å². The van der Waals surface area contributed by atoms with Crippen molar-refractivity contribution < 1.29 is 43.2 Å². The summed E-state index contributed by atoms with van der Waals surface area (Å²) >= 11 is 0. The Balaban J connectivity index is 1.66. The predicted molar refractivity (Wildman–Crippen MR) is 142 cm³/mol. The van der Waals surface area contributed by atoms with Gasteiger partial charge in [0.2, 0.25) is 5.88 Å². The summed E-state index contributed by atoms with van der Waals surface area (Å²) in [7, 11) is 2.73. The molecule has 11 heteroatoms. The molecule has 3 aromatic carbocycles. The predicted octanol–water partition coefficient (Wildman–Crippen LogP) is 4.55. The number of carboxylic acid groups (broad SMARTS) is 1. The maximum absolute atomic E-state index is 13.9. The number of carboxylic acids is 1. The molecule has 0 atom stereocenters. The number of aromatic hydroxyl groups is 1. The van der Waals surface area contributed by atoms with Crippen molar-refractivity contribution in [2.75, 3.05) is 20.8 Å². The Morgan fingerprint density at radius 3 is 2.20 bits per heavy atom. The fourth-order valence-electron chi connectivity index (χ4n) is 4.20. The van der Waals surface area contributed by atoms with E-state index in [1.165, 1.54) is 32.4 Å². The van der Waals surface area contributed by atoms with E-state index >= 15 is 0 Å². The van der Waals surface area contributed by atoms with Crippen molar-refractivity contribution in [1.82, 2.24) is 10.3 Å². The van der Waals surface area contributed by atoms with Gasteiger partial charge in [-0.2, -0.15) is 0 Å². The lowest BCUT2D eigenvalue weighted by Gasteiger charge is -2.16. The molecule has 0 unspecified atom stereocenters. The standard InChI is InChI=1S/C29H25FN2O8/c1-14-7-16(25(35)17-9-18(30)11-20(10-17)38-3)8-15(2)27(14)40-19-5-6-21-22(12-19)29(39-4)32-24(26(21)36)28(37)31-13-23(33)34/h5-12,36H,13H2,1-4H3,(H,31,37)(H,33,34). The Kier molecular flexibility index (Phi) is 7.85. The number of carbonyl (C=O) groups excluding carboxylic acids is 2. The molecule has 0 fully saturated rings. The molecule has 1 aromatic heterocycles. The van der Waals surface area contributed by atoms with Gasteiger partial charge in [0.15, 0.2) is 17.2 Å². The number of aliphatic carboxylic acids is 1. The van der Waals surface area contributed by atoms with Crippen LogP contribution in [-0.2, 0) is 4.79 Å². The molecule has 4 aromatic rings. The Morgan fingerprint density at radius 1 is 0.900 bits per heavy atom. The lowest BCUT2D eigenvalue weighted by molar-refractivity contribution is -0.135. The van der Waals surface area contributed by atoms with Crippen molar-refractivity contribution in [3.63, 3.8) is 0 Å². The molecule has 4 rings (SSSR count). The summed E-state index contributed by atoms with van der Waals surface area (Å²) in [5.41, 5.74) is 1.39. The zero-order valence-electron chi connectivity index (χ0n) is 22.0. The van der Waals surface area contributed by atoms with Crippen LogP contribution in [0.25, 0.3) is 10.8 Å². The number of methoxy groups -OCH3 is 2. The summed E-state index contributed by atoms with van der Waals surface area (Å²) in [5, 5.41) is 22.2. The molecule has 0 aliphatic rings. The van der Waals surface area contributed by atoms with Crippen molar-refractivity contribution in [3.8, 4) is 28.9 Å². The van der Waals surface area contributed by atoms with Gasteiger partial charge in [-0.1, -0.05) is 0 Å². The zero-order chi connectivity index (χ0) is 29.1. The number of ketones is 1. The monoisotopic (exact) mass is 548 g/mol. The highest BCUT2D eigenvalue weighted by Crippen LogP contribution is 2.38. The number of nitrogens with one attached hydrogen (secondary N) is 1. The molecule has 206 valence electrons. The SMILES string of the molecule is COc1cc(F)cc(C(=O)c2cc(C)c(Oc3ccc4c(O)c(C(=O)NCC(=O)O)nc(OC)c4c3)c(C)c2)c1. The Hall–Kier alpha value is -5.19. The van der Waals surface area contributed by atoms with E-state index in [9.17, 15) is 23.9 Å². The van der Waals surface area contributed by atoms with E-state index in [0.717, 1.165) is 6.07 Å². The van der Waals surface area contributed by atoms with Crippen molar-refractivity contribution in [2.24, 2.45) is 0 Å². The number of hydrogen-bond donors (Lipinski definition) is 3. The largest absolute Gasteiger partial charge is 0.505 e. The van der Waals surface area contributed by atoms with Crippen LogP contribution >= 0.6 is 0 Å². The van der Waals surface area contributed by atoms with Crippen LogP contribution in [0.3, 0.4) is 0 Å². The van der Waals surface area contributed by atoms with E-state index in [2.05, 4.69) is 10.3 Å². The first kappa shape index (κ1) is 27.8. The first-order chi connectivity index (χ1) is 19.0. The fraction of sp³-hybridized carbons (Fsp3) is 0.172. The number of aryl methyl sites for hydroxylation is 2. The van der Waals surface area contributed by atoms with Crippen molar-refractivity contribution >= 4 is 28.4 Å². The number of ether oxygens (including phenoxy) is 3.